The summed E-state index contributed by atoms with van der Waals surface area (Å²) in [5.74, 6) is 3.26. The maximum Gasteiger partial charge on any atom is 0.164 e. The van der Waals surface area contributed by atoms with E-state index in [4.69, 9.17) is 15.0 Å². The number of nitrogens with zero attached hydrogens (tertiary/aromatic N) is 3. The van der Waals surface area contributed by atoms with Crippen molar-refractivity contribution >= 4 is 0 Å². The molecule has 0 bridgehead atoms. The summed E-state index contributed by atoms with van der Waals surface area (Å²) in [5.41, 5.74) is 14.5. The van der Waals surface area contributed by atoms with Gasteiger partial charge in [0.1, 0.15) is 0 Å². The van der Waals surface area contributed by atoms with Crippen molar-refractivity contribution in [3.05, 3.63) is 138 Å². The highest BCUT2D eigenvalue weighted by Gasteiger charge is 2.48. The number of fused-ring (bicyclic) bond motifs is 10. The fraction of sp³-hybridized carbons (Fsp3) is 0.154. The van der Waals surface area contributed by atoms with E-state index in [9.17, 15) is 0 Å². The summed E-state index contributed by atoms with van der Waals surface area (Å²) in [6.45, 7) is 4.73. The van der Waals surface area contributed by atoms with Crippen molar-refractivity contribution in [3.8, 4) is 56.4 Å². The average molecular weight is 540 g/mol. The zero-order chi connectivity index (χ0) is 28.0. The van der Waals surface area contributed by atoms with Crippen LogP contribution in [0.4, 0.5) is 0 Å². The molecule has 6 aromatic rings. The van der Waals surface area contributed by atoms with Crippen molar-refractivity contribution in [2.75, 3.05) is 0 Å². The molecule has 0 aliphatic heterocycles. The predicted molar refractivity (Wildman–Crippen MR) is 169 cm³/mol. The number of hydrogen-bond donors (Lipinski definition) is 0. The molecule has 0 radical (unpaired) electrons. The normalized spacial score (nSPS) is 18.3. The Bertz CT molecular complexity index is 1990. The van der Waals surface area contributed by atoms with Gasteiger partial charge in [0, 0.05) is 22.1 Å². The molecule has 9 rings (SSSR count). The molecule has 3 aliphatic carbocycles. The molecule has 2 atom stereocenters. The van der Waals surface area contributed by atoms with Gasteiger partial charge in [0.2, 0.25) is 0 Å². The second kappa shape index (κ2) is 8.56. The number of benzene rings is 5. The van der Waals surface area contributed by atoms with Gasteiger partial charge in [-0.15, -0.1) is 0 Å². The lowest BCUT2D eigenvalue weighted by atomic mass is 9.78. The van der Waals surface area contributed by atoms with Crippen molar-refractivity contribution in [2.45, 2.75) is 37.5 Å². The first-order chi connectivity index (χ1) is 20.6. The Morgan fingerprint density at radius 1 is 0.500 bits per heavy atom. The van der Waals surface area contributed by atoms with E-state index in [2.05, 4.69) is 92.7 Å². The van der Waals surface area contributed by atoms with Crippen LogP contribution >= 0.6 is 0 Å². The van der Waals surface area contributed by atoms with Crippen LogP contribution in [-0.2, 0) is 5.41 Å². The summed E-state index contributed by atoms with van der Waals surface area (Å²) in [7, 11) is 0. The van der Waals surface area contributed by atoms with Crippen LogP contribution in [0.25, 0.3) is 56.4 Å². The first-order valence-electron chi connectivity index (χ1n) is 14.9. The van der Waals surface area contributed by atoms with E-state index in [-0.39, 0.29) is 5.41 Å². The third-order valence-electron chi connectivity index (χ3n) is 9.65. The van der Waals surface area contributed by atoms with Gasteiger partial charge in [0.15, 0.2) is 17.5 Å². The molecule has 3 heteroatoms. The maximum absolute atomic E-state index is 5.02. The third-order valence-corrected chi connectivity index (χ3v) is 9.65. The molecule has 0 spiro atoms. The summed E-state index contributed by atoms with van der Waals surface area (Å²) in [6.07, 6.45) is 1.20. The first-order valence-corrected chi connectivity index (χ1v) is 14.9. The topological polar surface area (TPSA) is 38.7 Å². The maximum atomic E-state index is 5.02. The van der Waals surface area contributed by atoms with Crippen LogP contribution in [0, 0.1) is 0 Å². The minimum Gasteiger partial charge on any atom is -0.208 e. The fourth-order valence-electron chi connectivity index (χ4n) is 7.47. The molecule has 0 amide bonds. The van der Waals surface area contributed by atoms with Crippen LogP contribution in [-0.4, -0.2) is 15.0 Å². The van der Waals surface area contributed by atoms with Gasteiger partial charge in [0.25, 0.3) is 0 Å². The summed E-state index contributed by atoms with van der Waals surface area (Å²) in [5, 5.41) is 0. The predicted octanol–water partition coefficient (Wildman–Crippen LogP) is 9.43. The van der Waals surface area contributed by atoms with E-state index in [1.165, 1.54) is 50.9 Å². The van der Waals surface area contributed by atoms with Gasteiger partial charge < -0.3 is 0 Å². The van der Waals surface area contributed by atoms with Crippen LogP contribution in [0.2, 0.25) is 0 Å². The zero-order valence-electron chi connectivity index (χ0n) is 23.7. The molecule has 1 saturated carbocycles. The monoisotopic (exact) mass is 539 g/mol. The van der Waals surface area contributed by atoms with Gasteiger partial charge in [-0.1, -0.05) is 123 Å². The van der Waals surface area contributed by atoms with E-state index in [0.29, 0.717) is 23.5 Å². The SMILES string of the molecule is CC1(C)c2ccccc2-c2c1ccc1c2-c2ccc(-c3nc(-c4ccccc4)nc(-c4ccccc4)n3)cc2C2CC12. The van der Waals surface area contributed by atoms with Crippen LogP contribution in [0.1, 0.15) is 54.4 Å². The van der Waals surface area contributed by atoms with E-state index >= 15 is 0 Å². The average Bonchev–Trinajstić information content (AvgIpc) is 3.82. The molecule has 3 aliphatic rings. The second-order valence-corrected chi connectivity index (χ2v) is 12.4. The first kappa shape index (κ1) is 23.8. The van der Waals surface area contributed by atoms with Gasteiger partial charge in [-0.25, -0.2) is 15.0 Å². The summed E-state index contributed by atoms with van der Waals surface area (Å²) < 4.78 is 0. The molecule has 42 heavy (non-hydrogen) atoms. The molecule has 1 fully saturated rings. The molecule has 200 valence electrons. The Labute approximate surface area is 246 Å². The Hall–Kier alpha value is -4.89. The van der Waals surface area contributed by atoms with Crippen molar-refractivity contribution in [3.63, 3.8) is 0 Å². The van der Waals surface area contributed by atoms with Crippen molar-refractivity contribution in [2.24, 2.45) is 0 Å². The highest BCUT2D eigenvalue weighted by atomic mass is 15.0. The lowest BCUT2D eigenvalue weighted by molar-refractivity contribution is 0.660. The standard InChI is InChI=1S/C39H29N3/c1-39(2)32-16-10-9-15-28(32)35-33(39)20-19-27-30-22-31(30)29-21-25(17-18-26(29)34(27)35)38-41-36(23-11-5-3-6-12-23)40-37(42-38)24-13-7-4-8-14-24/h3-21,30-31H,22H2,1-2H3. The number of aromatic nitrogens is 3. The summed E-state index contributed by atoms with van der Waals surface area (Å²) >= 11 is 0. The molecule has 1 aromatic heterocycles. The van der Waals surface area contributed by atoms with Crippen LogP contribution in [0.3, 0.4) is 0 Å². The van der Waals surface area contributed by atoms with E-state index in [1.54, 1.807) is 0 Å². The Kier molecular flexibility index (Phi) is 4.85. The highest BCUT2D eigenvalue weighted by Crippen LogP contribution is 2.65. The van der Waals surface area contributed by atoms with Crippen molar-refractivity contribution < 1.29 is 0 Å². The van der Waals surface area contributed by atoms with Crippen LogP contribution < -0.4 is 0 Å². The largest absolute Gasteiger partial charge is 0.208 e. The van der Waals surface area contributed by atoms with Crippen molar-refractivity contribution in [1.29, 1.82) is 0 Å². The molecular weight excluding hydrogens is 510 g/mol. The lowest BCUT2D eigenvalue weighted by Gasteiger charge is -2.26. The highest BCUT2D eigenvalue weighted by molar-refractivity contribution is 5.97. The summed E-state index contributed by atoms with van der Waals surface area (Å²) in [6, 6.07) is 41.2. The van der Waals surface area contributed by atoms with Crippen LogP contribution in [0.5, 0.6) is 0 Å². The Morgan fingerprint density at radius 3 is 1.79 bits per heavy atom. The van der Waals surface area contributed by atoms with Gasteiger partial charge in [-0.3, -0.25) is 0 Å². The van der Waals surface area contributed by atoms with Gasteiger partial charge in [-0.05, 0) is 68.8 Å². The zero-order valence-corrected chi connectivity index (χ0v) is 23.7. The van der Waals surface area contributed by atoms with E-state index in [0.717, 1.165) is 22.5 Å². The van der Waals surface area contributed by atoms with Gasteiger partial charge in [0.05, 0.1) is 0 Å². The van der Waals surface area contributed by atoms with Gasteiger partial charge in [-0.2, -0.15) is 0 Å². The van der Waals surface area contributed by atoms with Gasteiger partial charge >= 0.3 is 0 Å². The van der Waals surface area contributed by atoms with E-state index < -0.39 is 0 Å². The molecule has 3 nitrogen and oxygen atoms in total. The lowest BCUT2D eigenvalue weighted by Crippen LogP contribution is -2.15. The second-order valence-electron chi connectivity index (χ2n) is 12.4. The summed E-state index contributed by atoms with van der Waals surface area (Å²) in [4.78, 5) is 14.9. The molecule has 5 aromatic carbocycles. The molecule has 0 saturated heterocycles. The third kappa shape index (κ3) is 3.37. The minimum atomic E-state index is -0.00594. The molecule has 2 unspecified atom stereocenters. The van der Waals surface area contributed by atoms with Crippen LogP contribution in [0.15, 0.2) is 115 Å². The number of hydrogen-bond acceptors (Lipinski definition) is 3. The van der Waals surface area contributed by atoms with Crippen molar-refractivity contribution in [1.82, 2.24) is 15.0 Å². The molecule has 1 heterocycles. The number of rotatable bonds is 3. The quantitative estimate of drug-likeness (QED) is 0.225. The smallest absolute Gasteiger partial charge is 0.164 e. The Balaban J connectivity index is 1.24. The Morgan fingerprint density at radius 2 is 1.10 bits per heavy atom. The van der Waals surface area contributed by atoms with E-state index in [1.807, 2.05) is 36.4 Å². The minimum absolute atomic E-state index is 0.00594. The fourth-order valence-corrected chi connectivity index (χ4v) is 7.47. The molecular formula is C39H29N3. The molecule has 0 N–H and O–H groups in total.